The molecule has 0 fully saturated rings. The first kappa shape index (κ1) is 13.8. The molecule has 0 radical (unpaired) electrons. The predicted octanol–water partition coefficient (Wildman–Crippen LogP) is 3.97. The zero-order chi connectivity index (χ0) is 14.3. The first-order valence-corrected chi connectivity index (χ1v) is 8.49. The summed E-state index contributed by atoms with van der Waals surface area (Å²) in [5, 5.41) is 1.34. The number of anilines is 1. The highest BCUT2D eigenvalue weighted by Gasteiger charge is 2.24. The summed E-state index contributed by atoms with van der Waals surface area (Å²) in [6.07, 6.45) is 3.70. The van der Waals surface area contributed by atoms with Crippen LogP contribution in [0.3, 0.4) is 0 Å². The molecule has 0 aliphatic heterocycles. The van der Waals surface area contributed by atoms with Crippen LogP contribution in [0.25, 0.3) is 10.2 Å². The third-order valence-corrected chi connectivity index (χ3v) is 5.46. The van der Waals surface area contributed by atoms with Crippen molar-refractivity contribution < 1.29 is 0 Å². The molecule has 0 aromatic carbocycles. The van der Waals surface area contributed by atoms with Crippen molar-refractivity contribution in [3.63, 3.8) is 0 Å². The first-order chi connectivity index (χ1) is 9.63. The average molecular weight is 289 g/mol. The summed E-state index contributed by atoms with van der Waals surface area (Å²) in [5.74, 6) is 2.86. The van der Waals surface area contributed by atoms with Gasteiger partial charge in [0, 0.05) is 18.0 Å². The largest absolute Gasteiger partial charge is 0.357 e. The molecular weight excluding hydrogens is 266 g/mol. The minimum atomic E-state index is 0.807. The minimum absolute atomic E-state index is 0.807. The van der Waals surface area contributed by atoms with Crippen LogP contribution < -0.4 is 4.90 Å². The van der Waals surface area contributed by atoms with Crippen LogP contribution in [0.5, 0.6) is 0 Å². The molecule has 108 valence electrons. The van der Waals surface area contributed by atoms with Crippen LogP contribution in [-0.2, 0) is 12.8 Å². The van der Waals surface area contributed by atoms with Gasteiger partial charge in [-0.15, -0.1) is 11.3 Å². The van der Waals surface area contributed by atoms with E-state index < -0.39 is 0 Å². The molecular formula is C16H23N3S. The number of nitrogens with zero attached hydrogens (tertiary/aromatic N) is 3. The zero-order valence-corrected chi connectivity index (χ0v) is 13.7. The Labute approximate surface area is 125 Å². The van der Waals surface area contributed by atoms with Crippen molar-refractivity contribution in [3.05, 3.63) is 16.3 Å². The molecule has 2 aromatic heterocycles. The van der Waals surface area contributed by atoms with Crippen molar-refractivity contribution >= 4 is 27.4 Å². The number of aryl methyl sites for hydroxylation is 2. The molecule has 0 saturated heterocycles. The van der Waals surface area contributed by atoms with Gasteiger partial charge in [0.05, 0.1) is 5.39 Å². The molecule has 2 aromatic rings. The Hall–Kier alpha value is -1.16. The smallest absolute Gasteiger partial charge is 0.141 e. The van der Waals surface area contributed by atoms with Crippen molar-refractivity contribution in [2.75, 3.05) is 18.0 Å². The molecule has 4 heteroatoms. The second-order valence-electron chi connectivity index (χ2n) is 5.80. The van der Waals surface area contributed by atoms with Gasteiger partial charge < -0.3 is 4.90 Å². The fourth-order valence-electron chi connectivity index (χ4n) is 3.18. The van der Waals surface area contributed by atoms with Gasteiger partial charge in [-0.2, -0.15) is 0 Å². The molecule has 0 N–H and O–H groups in total. The summed E-state index contributed by atoms with van der Waals surface area (Å²) in [7, 11) is 0. The monoisotopic (exact) mass is 289 g/mol. The Morgan fingerprint density at radius 2 is 2.00 bits per heavy atom. The van der Waals surface area contributed by atoms with Gasteiger partial charge in [-0.05, 0) is 51.5 Å². The van der Waals surface area contributed by atoms with E-state index in [1.165, 1.54) is 35.0 Å². The van der Waals surface area contributed by atoms with Crippen LogP contribution in [0, 0.1) is 12.8 Å². The quantitative estimate of drug-likeness (QED) is 0.856. The summed E-state index contributed by atoms with van der Waals surface area (Å²) in [6.45, 7) is 10.8. The highest BCUT2D eigenvalue weighted by Crippen LogP contribution is 2.40. The van der Waals surface area contributed by atoms with Crippen LogP contribution in [0.1, 0.15) is 43.5 Å². The molecule has 0 unspecified atom stereocenters. The molecule has 2 heterocycles. The van der Waals surface area contributed by atoms with E-state index in [4.69, 9.17) is 9.97 Å². The number of fused-ring (bicyclic) bond motifs is 3. The molecule has 1 aliphatic rings. The lowest BCUT2D eigenvalue weighted by Crippen LogP contribution is -2.24. The predicted molar refractivity (Wildman–Crippen MR) is 86.9 cm³/mol. The summed E-state index contributed by atoms with van der Waals surface area (Å²) < 4.78 is 0. The van der Waals surface area contributed by atoms with Crippen LogP contribution >= 0.6 is 11.3 Å². The van der Waals surface area contributed by atoms with Gasteiger partial charge >= 0.3 is 0 Å². The van der Waals surface area contributed by atoms with E-state index in [-0.39, 0.29) is 0 Å². The Morgan fingerprint density at radius 1 is 1.25 bits per heavy atom. The molecule has 1 aliphatic carbocycles. The van der Waals surface area contributed by atoms with E-state index in [0.717, 1.165) is 30.6 Å². The second-order valence-corrected chi connectivity index (χ2v) is 6.88. The maximum Gasteiger partial charge on any atom is 0.141 e. The first-order valence-electron chi connectivity index (χ1n) is 7.67. The molecule has 20 heavy (non-hydrogen) atoms. The SMILES string of the molecule is CCN(CC)c1nc(C)nc2sc3c(c12)CC[C@H](C)C3. The lowest BCUT2D eigenvalue weighted by Gasteiger charge is -2.23. The Kier molecular flexibility index (Phi) is 3.67. The van der Waals surface area contributed by atoms with Crippen molar-refractivity contribution in [2.45, 2.75) is 47.0 Å². The van der Waals surface area contributed by atoms with Crippen LogP contribution in [0.15, 0.2) is 0 Å². The zero-order valence-electron chi connectivity index (χ0n) is 12.9. The number of rotatable bonds is 3. The van der Waals surface area contributed by atoms with E-state index in [2.05, 4.69) is 25.7 Å². The summed E-state index contributed by atoms with van der Waals surface area (Å²) in [5.41, 5.74) is 1.53. The van der Waals surface area contributed by atoms with Crippen LogP contribution in [-0.4, -0.2) is 23.1 Å². The molecule has 0 amide bonds. The maximum absolute atomic E-state index is 4.76. The lowest BCUT2D eigenvalue weighted by molar-refractivity contribution is 0.509. The molecule has 1 atom stereocenters. The second kappa shape index (κ2) is 5.32. The molecule has 0 bridgehead atoms. The van der Waals surface area contributed by atoms with E-state index in [9.17, 15) is 0 Å². The van der Waals surface area contributed by atoms with Crippen molar-refractivity contribution in [1.29, 1.82) is 0 Å². The molecule has 0 spiro atoms. The normalized spacial score (nSPS) is 18.3. The fraction of sp³-hybridized carbons (Fsp3) is 0.625. The minimum Gasteiger partial charge on any atom is -0.357 e. The summed E-state index contributed by atoms with van der Waals surface area (Å²) in [6, 6.07) is 0. The van der Waals surface area contributed by atoms with Gasteiger partial charge in [-0.25, -0.2) is 9.97 Å². The molecule has 3 nitrogen and oxygen atoms in total. The number of hydrogen-bond donors (Lipinski definition) is 0. The molecule has 0 saturated carbocycles. The topological polar surface area (TPSA) is 29.0 Å². The van der Waals surface area contributed by atoms with E-state index in [1.54, 1.807) is 4.88 Å². The molecule has 3 rings (SSSR count). The van der Waals surface area contributed by atoms with Crippen molar-refractivity contribution in [1.82, 2.24) is 9.97 Å². The van der Waals surface area contributed by atoms with Crippen LogP contribution in [0.4, 0.5) is 5.82 Å². The van der Waals surface area contributed by atoms with Crippen molar-refractivity contribution in [3.8, 4) is 0 Å². The van der Waals surface area contributed by atoms with E-state index in [1.807, 2.05) is 18.3 Å². The summed E-state index contributed by atoms with van der Waals surface area (Å²) >= 11 is 1.89. The number of hydrogen-bond acceptors (Lipinski definition) is 4. The lowest BCUT2D eigenvalue weighted by atomic mass is 9.89. The van der Waals surface area contributed by atoms with Crippen molar-refractivity contribution in [2.24, 2.45) is 5.92 Å². The van der Waals surface area contributed by atoms with E-state index >= 15 is 0 Å². The van der Waals surface area contributed by atoms with Gasteiger partial charge in [-0.1, -0.05) is 6.92 Å². The highest BCUT2D eigenvalue weighted by molar-refractivity contribution is 7.19. The number of aromatic nitrogens is 2. The maximum atomic E-state index is 4.76. The Bertz CT molecular complexity index is 628. The van der Waals surface area contributed by atoms with Crippen LogP contribution in [0.2, 0.25) is 0 Å². The van der Waals surface area contributed by atoms with Gasteiger partial charge in [-0.3, -0.25) is 0 Å². The summed E-state index contributed by atoms with van der Waals surface area (Å²) in [4.78, 5) is 14.6. The third kappa shape index (κ3) is 2.20. The van der Waals surface area contributed by atoms with E-state index in [0.29, 0.717) is 0 Å². The fourth-order valence-corrected chi connectivity index (χ4v) is 4.60. The van der Waals surface area contributed by atoms with Gasteiger partial charge in [0.1, 0.15) is 16.5 Å². The van der Waals surface area contributed by atoms with Gasteiger partial charge in [0.25, 0.3) is 0 Å². The highest BCUT2D eigenvalue weighted by atomic mass is 32.1. The Morgan fingerprint density at radius 3 is 2.70 bits per heavy atom. The number of thiophene rings is 1. The standard InChI is InChI=1S/C16H23N3S/c1-5-19(6-2)15-14-12-8-7-10(3)9-13(12)20-16(14)18-11(4)17-15/h10H,5-9H2,1-4H3/t10-/m0/s1. The average Bonchev–Trinajstić information content (AvgIpc) is 2.76. The Balaban J connectivity index is 2.23. The van der Waals surface area contributed by atoms with Gasteiger partial charge in [0.15, 0.2) is 0 Å². The van der Waals surface area contributed by atoms with Gasteiger partial charge in [0.2, 0.25) is 0 Å². The third-order valence-electron chi connectivity index (χ3n) is 4.31.